The van der Waals surface area contributed by atoms with Crippen LogP contribution in [0.3, 0.4) is 0 Å². The SMILES string of the molecule is Cc1ccc(C(=O)Nn2c(CCC(=O)O)ccc2-c2ccc(Cl)cc2)o1. The Kier molecular flexibility index (Phi) is 5.14. The largest absolute Gasteiger partial charge is 0.481 e. The van der Waals surface area contributed by atoms with Gasteiger partial charge in [0, 0.05) is 22.7 Å². The Balaban J connectivity index is 1.95. The first kappa shape index (κ1) is 17.8. The Bertz CT molecular complexity index is 941. The number of hydrogen-bond donors (Lipinski definition) is 2. The second-order valence-corrected chi connectivity index (χ2v) is 6.23. The van der Waals surface area contributed by atoms with Gasteiger partial charge < -0.3 is 9.52 Å². The number of benzene rings is 1. The number of carbonyl (C=O) groups excluding carboxylic acids is 1. The molecule has 3 aromatic rings. The van der Waals surface area contributed by atoms with E-state index in [4.69, 9.17) is 21.1 Å². The summed E-state index contributed by atoms with van der Waals surface area (Å²) in [6, 6.07) is 14.1. The molecule has 6 nitrogen and oxygen atoms in total. The van der Waals surface area contributed by atoms with Gasteiger partial charge in [-0.15, -0.1) is 0 Å². The number of rotatable bonds is 6. The van der Waals surface area contributed by atoms with E-state index in [0.29, 0.717) is 16.5 Å². The van der Waals surface area contributed by atoms with Crippen molar-refractivity contribution < 1.29 is 19.1 Å². The van der Waals surface area contributed by atoms with Gasteiger partial charge in [-0.3, -0.25) is 19.7 Å². The van der Waals surface area contributed by atoms with Crippen molar-refractivity contribution in [2.75, 3.05) is 5.43 Å². The van der Waals surface area contributed by atoms with Gasteiger partial charge in [-0.25, -0.2) is 0 Å². The molecule has 0 saturated carbocycles. The van der Waals surface area contributed by atoms with Crippen LogP contribution in [0.2, 0.25) is 5.02 Å². The number of amides is 1. The minimum Gasteiger partial charge on any atom is -0.481 e. The van der Waals surface area contributed by atoms with Gasteiger partial charge in [-0.1, -0.05) is 23.7 Å². The Hall–Kier alpha value is -2.99. The van der Waals surface area contributed by atoms with Gasteiger partial charge >= 0.3 is 11.9 Å². The third kappa shape index (κ3) is 3.97. The van der Waals surface area contributed by atoms with Crippen LogP contribution >= 0.6 is 11.6 Å². The number of aromatic nitrogens is 1. The summed E-state index contributed by atoms with van der Waals surface area (Å²) in [4.78, 5) is 23.4. The molecule has 2 aromatic heterocycles. The number of nitrogens with zero attached hydrogens (tertiary/aromatic N) is 1. The van der Waals surface area contributed by atoms with Gasteiger partial charge in [0.05, 0.1) is 12.1 Å². The average molecular weight is 373 g/mol. The number of hydrogen-bond acceptors (Lipinski definition) is 3. The Morgan fingerprint density at radius 1 is 1.12 bits per heavy atom. The zero-order valence-electron chi connectivity index (χ0n) is 14.0. The number of carboxylic acids is 1. The number of carbonyl (C=O) groups is 2. The van der Waals surface area contributed by atoms with Crippen molar-refractivity contribution in [3.05, 3.63) is 70.8 Å². The summed E-state index contributed by atoms with van der Waals surface area (Å²) in [5, 5.41) is 9.56. The maximum atomic E-state index is 12.5. The quantitative estimate of drug-likeness (QED) is 0.681. The highest BCUT2D eigenvalue weighted by atomic mass is 35.5. The lowest BCUT2D eigenvalue weighted by atomic mass is 10.2. The average Bonchev–Trinajstić information content (AvgIpc) is 3.20. The second kappa shape index (κ2) is 7.49. The third-order valence-electron chi connectivity index (χ3n) is 3.87. The lowest BCUT2D eigenvalue weighted by Gasteiger charge is -2.14. The maximum Gasteiger partial charge on any atom is 0.305 e. The molecule has 0 aliphatic heterocycles. The van der Waals surface area contributed by atoms with Crippen molar-refractivity contribution in [1.29, 1.82) is 0 Å². The molecule has 0 atom stereocenters. The van der Waals surface area contributed by atoms with Crippen molar-refractivity contribution in [3.63, 3.8) is 0 Å². The molecule has 26 heavy (non-hydrogen) atoms. The lowest BCUT2D eigenvalue weighted by Crippen LogP contribution is -2.25. The highest BCUT2D eigenvalue weighted by Gasteiger charge is 2.16. The first-order valence-electron chi connectivity index (χ1n) is 8.00. The van der Waals surface area contributed by atoms with E-state index in [1.54, 1.807) is 41.9 Å². The van der Waals surface area contributed by atoms with Gasteiger partial charge in [0.1, 0.15) is 5.76 Å². The molecule has 1 amide bonds. The summed E-state index contributed by atoms with van der Waals surface area (Å²) in [5.74, 6) is -0.506. The molecule has 0 aliphatic carbocycles. The van der Waals surface area contributed by atoms with Crippen molar-refractivity contribution >= 4 is 23.5 Å². The van der Waals surface area contributed by atoms with E-state index < -0.39 is 11.9 Å². The fourth-order valence-corrected chi connectivity index (χ4v) is 2.73. The van der Waals surface area contributed by atoms with E-state index in [1.807, 2.05) is 18.2 Å². The molecule has 0 saturated heterocycles. The molecule has 1 aromatic carbocycles. The fraction of sp³-hybridized carbons (Fsp3) is 0.158. The molecule has 0 aliphatic rings. The first-order chi connectivity index (χ1) is 12.4. The van der Waals surface area contributed by atoms with Crippen LogP contribution in [0, 0.1) is 6.92 Å². The third-order valence-corrected chi connectivity index (χ3v) is 4.13. The molecule has 7 heteroatoms. The molecule has 0 radical (unpaired) electrons. The molecular formula is C19H17ClN2O4. The molecule has 3 rings (SSSR count). The number of furan rings is 1. The summed E-state index contributed by atoms with van der Waals surface area (Å²) < 4.78 is 6.95. The van der Waals surface area contributed by atoms with Crippen LogP contribution in [-0.4, -0.2) is 21.7 Å². The number of aliphatic carboxylic acids is 1. The number of aryl methyl sites for hydroxylation is 2. The van der Waals surface area contributed by atoms with Gasteiger partial charge in [0.15, 0.2) is 5.76 Å². The lowest BCUT2D eigenvalue weighted by molar-refractivity contribution is -0.136. The fourth-order valence-electron chi connectivity index (χ4n) is 2.60. The van der Waals surface area contributed by atoms with Crippen molar-refractivity contribution in [2.24, 2.45) is 0 Å². The van der Waals surface area contributed by atoms with E-state index in [1.165, 1.54) is 0 Å². The van der Waals surface area contributed by atoms with Crippen molar-refractivity contribution in [1.82, 2.24) is 4.68 Å². The minimum absolute atomic E-state index is 0.0419. The maximum absolute atomic E-state index is 12.5. The van der Waals surface area contributed by atoms with Gasteiger partial charge in [-0.2, -0.15) is 0 Å². The second-order valence-electron chi connectivity index (χ2n) is 5.80. The van der Waals surface area contributed by atoms with E-state index >= 15 is 0 Å². The topological polar surface area (TPSA) is 84.5 Å². The summed E-state index contributed by atoms with van der Waals surface area (Å²) in [6.45, 7) is 1.75. The van der Waals surface area contributed by atoms with Crippen LogP contribution in [0.4, 0.5) is 0 Å². The summed E-state index contributed by atoms with van der Waals surface area (Å²) in [6.07, 6.45) is 0.236. The molecular weight excluding hydrogens is 356 g/mol. The Morgan fingerprint density at radius 2 is 1.85 bits per heavy atom. The highest BCUT2D eigenvalue weighted by Crippen LogP contribution is 2.24. The van der Waals surface area contributed by atoms with Gasteiger partial charge in [0.2, 0.25) is 0 Å². The normalized spacial score (nSPS) is 10.7. The highest BCUT2D eigenvalue weighted by molar-refractivity contribution is 6.30. The molecule has 2 N–H and O–H groups in total. The van der Waals surface area contributed by atoms with Crippen LogP contribution in [-0.2, 0) is 11.2 Å². The molecule has 134 valence electrons. The summed E-state index contributed by atoms with van der Waals surface area (Å²) in [5.41, 5.74) is 5.02. The zero-order chi connectivity index (χ0) is 18.7. The van der Waals surface area contributed by atoms with E-state index in [-0.39, 0.29) is 18.6 Å². The molecule has 0 bridgehead atoms. The van der Waals surface area contributed by atoms with Gasteiger partial charge in [-0.05, 0) is 43.3 Å². The van der Waals surface area contributed by atoms with Crippen LogP contribution in [0.1, 0.15) is 28.4 Å². The number of halogens is 1. The molecule has 2 heterocycles. The monoisotopic (exact) mass is 372 g/mol. The Labute approximate surface area is 155 Å². The smallest absolute Gasteiger partial charge is 0.305 e. The standard InChI is InChI=1S/C19H17ClN2O4/c1-12-2-10-17(26-12)19(25)21-22-15(8-11-18(23)24)7-9-16(22)13-3-5-14(20)6-4-13/h2-7,9-10H,8,11H2,1H3,(H,21,25)(H,23,24). The Morgan fingerprint density at radius 3 is 2.46 bits per heavy atom. The van der Waals surface area contributed by atoms with E-state index in [2.05, 4.69) is 5.43 Å². The minimum atomic E-state index is -0.904. The van der Waals surface area contributed by atoms with Crippen LogP contribution in [0.15, 0.2) is 52.9 Å². The molecule has 0 fully saturated rings. The predicted molar refractivity (Wildman–Crippen MR) is 98.0 cm³/mol. The van der Waals surface area contributed by atoms with Crippen LogP contribution in [0.5, 0.6) is 0 Å². The first-order valence-corrected chi connectivity index (χ1v) is 8.38. The zero-order valence-corrected chi connectivity index (χ0v) is 14.8. The van der Waals surface area contributed by atoms with E-state index in [0.717, 1.165) is 11.3 Å². The van der Waals surface area contributed by atoms with Crippen LogP contribution < -0.4 is 5.43 Å². The van der Waals surface area contributed by atoms with Crippen LogP contribution in [0.25, 0.3) is 11.3 Å². The number of carboxylic acid groups (broad SMARTS) is 1. The van der Waals surface area contributed by atoms with Crippen molar-refractivity contribution in [3.8, 4) is 11.3 Å². The summed E-state index contributed by atoms with van der Waals surface area (Å²) in [7, 11) is 0. The molecule has 0 spiro atoms. The van der Waals surface area contributed by atoms with Crippen molar-refractivity contribution in [2.45, 2.75) is 19.8 Å². The van der Waals surface area contributed by atoms with Gasteiger partial charge in [0.25, 0.3) is 0 Å². The van der Waals surface area contributed by atoms with E-state index in [9.17, 15) is 9.59 Å². The molecule has 0 unspecified atom stereocenters. The predicted octanol–water partition coefficient (Wildman–Crippen LogP) is 4.11. The number of nitrogens with one attached hydrogen (secondary N) is 1. The summed E-state index contributed by atoms with van der Waals surface area (Å²) >= 11 is 5.94.